The second kappa shape index (κ2) is 8.11. The van der Waals surface area contributed by atoms with Gasteiger partial charge in [-0.15, -0.1) is 0 Å². The van der Waals surface area contributed by atoms with E-state index in [9.17, 15) is 37.6 Å². The number of halogens is 4. The molecule has 2 N–H and O–H groups in total. The van der Waals surface area contributed by atoms with Crippen LogP contribution < -0.4 is 10.1 Å². The molecule has 0 saturated heterocycles. The Labute approximate surface area is 164 Å². The zero-order valence-electron chi connectivity index (χ0n) is 14.6. The minimum absolute atomic E-state index is 0.0240. The summed E-state index contributed by atoms with van der Waals surface area (Å²) in [6.45, 7) is -0.675. The van der Waals surface area contributed by atoms with Gasteiger partial charge in [0.1, 0.15) is 18.1 Å². The third-order valence-electron chi connectivity index (χ3n) is 3.75. The van der Waals surface area contributed by atoms with Crippen molar-refractivity contribution < 1.29 is 41.5 Å². The van der Waals surface area contributed by atoms with Crippen molar-refractivity contribution in [2.24, 2.45) is 0 Å². The van der Waals surface area contributed by atoms with E-state index in [1.54, 1.807) is 0 Å². The summed E-state index contributed by atoms with van der Waals surface area (Å²) >= 11 is 0. The molecule has 0 fully saturated rings. The summed E-state index contributed by atoms with van der Waals surface area (Å²) in [6.07, 6.45) is 0. The summed E-state index contributed by atoms with van der Waals surface area (Å²) in [7, 11) is 0. The van der Waals surface area contributed by atoms with Crippen molar-refractivity contribution in [2.45, 2.75) is 6.61 Å². The van der Waals surface area contributed by atoms with Crippen LogP contribution in [-0.2, 0) is 6.61 Å². The van der Waals surface area contributed by atoms with Crippen LogP contribution >= 0.6 is 0 Å². The predicted molar refractivity (Wildman–Crippen MR) is 92.0 cm³/mol. The molecule has 0 aliphatic heterocycles. The molecule has 0 bridgehead atoms. The van der Waals surface area contributed by atoms with Crippen LogP contribution in [0.1, 0.15) is 16.3 Å². The van der Waals surface area contributed by atoms with Gasteiger partial charge in [-0.1, -0.05) is 0 Å². The Hall–Kier alpha value is -4.09. The van der Waals surface area contributed by atoms with Crippen LogP contribution in [0.25, 0.3) is 0 Å². The zero-order valence-corrected chi connectivity index (χ0v) is 14.6. The summed E-state index contributed by atoms with van der Waals surface area (Å²) in [5, 5.41) is 22.7. The molecule has 1 heterocycles. The van der Waals surface area contributed by atoms with Crippen LogP contribution in [0.2, 0.25) is 0 Å². The number of benzene rings is 2. The van der Waals surface area contributed by atoms with Crippen molar-refractivity contribution >= 4 is 17.3 Å². The minimum Gasteiger partial charge on any atom is -0.506 e. The first-order chi connectivity index (χ1) is 14.2. The summed E-state index contributed by atoms with van der Waals surface area (Å²) in [6, 6.07) is 5.31. The molecule has 0 unspecified atom stereocenters. The highest BCUT2D eigenvalue weighted by Crippen LogP contribution is 2.29. The fourth-order valence-corrected chi connectivity index (χ4v) is 2.32. The van der Waals surface area contributed by atoms with Gasteiger partial charge in [-0.05, 0) is 18.2 Å². The maximum Gasteiger partial charge on any atom is 0.291 e. The number of nitro groups is 1. The molecule has 0 radical (unpaired) electrons. The average molecular weight is 426 g/mol. The van der Waals surface area contributed by atoms with E-state index in [1.807, 2.05) is 0 Å². The third-order valence-corrected chi connectivity index (χ3v) is 3.75. The number of carbonyl (C=O) groups is 1. The molecule has 0 saturated carbocycles. The van der Waals surface area contributed by atoms with Crippen LogP contribution in [0.3, 0.4) is 0 Å². The molecule has 3 aromatic rings. The van der Waals surface area contributed by atoms with Gasteiger partial charge >= 0.3 is 0 Å². The Bertz CT molecular complexity index is 1120. The van der Waals surface area contributed by atoms with Crippen LogP contribution in [0, 0.1) is 33.4 Å². The van der Waals surface area contributed by atoms with Crippen molar-refractivity contribution in [1.82, 2.24) is 0 Å². The molecule has 8 nitrogen and oxygen atoms in total. The number of hydrogen-bond acceptors (Lipinski definition) is 6. The van der Waals surface area contributed by atoms with Gasteiger partial charge in [-0.3, -0.25) is 14.9 Å². The molecular weight excluding hydrogens is 416 g/mol. The van der Waals surface area contributed by atoms with E-state index in [2.05, 4.69) is 5.32 Å². The molecule has 156 valence electrons. The number of nitro benzene ring substituents is 1. The van der Waals surface area contributed by atoms with Crippen molar-refractivity contribution in [3.63, 3.8) is 0 Å². The topological polar surface area (TPSA) is 115 Å². The number of nitrogens with zero attached hydrogens (tertiary/aromatic N) is 1. The van der Waals surface area contributed by atoms with Gasteiger partial charge in [0, 0.05) is 18.2 Å². The van der Waals surface area contributed by atoms with Crippen molar-refractivity contribution in [2.75, 3.05) is 5.32 Å². The maximum atomic E-state index is 13.6. The molecule has 0 aliphatic carbocycles. The SMILES string of the molecule is O=C(Nc1cc([N+](=O)[O-])ccc1O)c1ccc(COc2c(F)c(F)cc(F)c2F)o1. The molecule has 2 aromatic carbocycles. The highest BCUT2D eigenvalue weighted by atomic mass is 19.2. The number of ether oxygens (including phenoxy) is 1. The smallest absolute Gasteiger partial charge is 0.291 e. The lowest BCUT2D eigenvalue weighted by Gasteiger charge is -2.08. The zero-order chi connectivity index (χ0) is 22.0. The number of rotatable bonds is 6. The second-order valence-electron chi connectivity index (χ2n) is 5.76. The number of carbonyl (C=O) groups excluding carboxylic acids is 1. The second-order valence-corrected chi connectivity index (χ2v) is 5.76. The number of non-ortho nitro benzene ring substituents is 1. The first-order valence-electron chi connectivity index (χ1n) is 8.00. The lowest BCUT2D eigenvalue weighted by atomic mass is 10.2. The molecular formula is C18H10F4N2O6. The first kappa shape index (κ1) is 20.6. The molecule has 12 heteroatoms. The van der Waals surface area contributed by atoms with Crippen molar-refractivity contribution in [3.8, 4) is 11.5 Å². The number of anilines is 1. The largest absolute Gasteiger partial charge is 0.506 e. The quantitative estimate of drug-likeness (QED) is 0.200. The Morgan fingerprint density at radius 2 is 1.77 bits per heavy atom. The lowest BCUT2D eigenvalue weighted by Crippen LogP contribution is -2.11. The Morgan fingerprint density at radius 3 is 2.40 bits per heavy atom. The fourth-order valence-electron chi connectivity index (χ4n) is 2.32. The Morgan fingerprint density at radius 1 is 1.10 bits per heavy atom. The number of phenols is 1. The van der Waals surface area contributed by atoms with Gasteiger partial charge in [0.2, 0.25) is 11.6 Å². The average Bonchev–Trinajstić information content (AvgIpc) is 3.17. The molecule has 30 heavy (non-hydrogen) atoms. The Balaban J connectivity index is 1.72. The van der Waals surface area contributed by atoms with Gasteiger partial charge in [0.25, 0.3) is 11.6 Å². The normalized spacial score (nSPS) is 10.7. The standard InChI is InChI=1S/C18H10F4N2O6/c19-10-6-11(20)16(22)17(15(10)21)29-7-9-2-4-14(30-9)18(26)23-12-5-8(24(27)28)1-3-13(12)25/h1-6,25H,7H2,(H,23,26). The summed E-state index contributed by atoms with van der Waals surface area (Å²) in [5.41, 5.74) is -0.647. The van der Waals surface area contributed by atoms with Crippen molar-refractivity contribution in [1.29, 1.82) is 0 Å². The first-order valence-corrected chi connectivity index (χ1v) is 8.00. The van der Waals surface area contributed by atoms with E-state index in [0.29, 0.717) is 0 Å². The fraction of sp³-hybridized carbons (Fsp3) is 0.0556. The summed E-state index contributed by atoms with van der Waals surface area (Å²) < 4.78 is 63.3. The van der Waals surface area contributed by atoms with Crippen LogP contribution in [-0.4, -0.2) is 15.9 Å². The van der Waals surface area contributed by atoms with E-state index in [-0.39, 0.29) is 29.0 Å². The van der Waals surface area contributed by atoms with Gasteiger partial charge in [0.15, 0.2) is 23.1 Å². The van der Waals surface area contributed by atoms with E-state index in [1.165, 1.54) is 6.07 Å². The number of aromatic hydroxyl groups is 1. The van der Waals surface area contributed by atoms with E-state index in [0.717, 1.165) is 24.3 Å². The van der Waals surface area contributed by atoms with Gasteiger partial charge < -0.3 is 19.6 Å². The van der Waals surface area contributed by atoms with Crippen LogP contribution in [0.15, 0.2) is 40.8 Å². The van der Waals surface area contributed by atoms with E-state index in [4.69, 9.17) is 9.15 Å². The highest BCUT2D eigenvalue weighted by Gasteiger charge is 2.22. The van der Waals surface area contributed by atoms with Crippen LogP contribution in [0.5, 0.6) is 11.5 Å². The lowest BCUT2D eigenvalue weighted by molar-refractivity contribution is -0.384. The van der Waals surface area contributed by atoms with Crippen LogP contribution in [0.4, 0.5) is 28.9 Å². The predicted octanol–water partition coefficient (Wildman–Crippen LogP) is 4.28. The molecule has 1 amide bonds. The highest BCUT2D eigenvalue weighted by molar-refractivity contribution is 6.03. The molecule has 0 spiro atoms. The summed E-state index contributed by atoms with van der Waals surface area (Å²) in [5.74, 6) is -9.90. The molecule has 0 atom stereocenters. The van der Waals surface area contributed by atoms with Gasteiger partial charge in [-0.25, -0.2) is 8.78 Å². The summed E-state index contributed by atoms with van der Waals surface area (Å²) in [4.78, 5) is 22.2. The Kier molecular flexibility index (Phi) is 5.58. The van der Waals surface area contributed by atoms with Gasteiger partial charge in [-0.2, -0.15) is 8.78 Å². The molecule has 0 aliphatic rings. The number of hydrogen-bond donors (Lipinski definition) is 2. The third kappa shape index (κ3) is 4.16. The minimum atomic E-state index is -1.74. The monoisotopic (exact) mass is 426 g/mol. The van der Waals surface area contributed by atoms with Gasteiger partial charge in [0.05, 0.1) is 10.6 Å². The van der Waals surface area contributed by atoms with Crippen molar-refractivity contribution in [3.05, 3.63) is 81.3 Å². The number of nitrogens with one attached hydrogen (secondary N) is 1. The maximum absolute atomic E-state index is 13.6. The number of phenolic OH excluding ortho intramolecular Hbond substituents is 1. The van der Waals surface area contributed by atoms with E-state index >= 15 is 0 Å². The molecule has 1 aromatic heterocycles. The number of amides is 1. The van der Waals surface area contributed by atoms with E-state index < -0.39 is 52.2 Å². The molecule has 3 rings (SSSR count). The number of furan rings is 1.